The van der Waals surface area contributed by atoms with Crippen molar-refractivity contribution in [3.05, 3.63) is 174 Å². The summed E-state index contributed by atoms with van der Waals surface area (Å²) in [4.78, 5) is 15.8. The van der Waals surface area contributed by atoms with E-state index in [0.29, 0.717) is 35.2 Å². The zero-order chi connectivity index (χ0) is 44.5. The average molecular weight is 858 g/mol. The lowest BCUT2D eigenvalue weighted by atomic mass is 9.50. The zero-order valence-corrected chi connectivity index (χ0v) is 38.6. The molecule has 0 radical (unpaired) electrons. The maximum Gasteiger partial charge on any atom is 0.164 e. The van der Waals surface area contributed by atoms with E-state index >= 15 is 0 Å². The Hall–Kier alpha value is -6.65. The third-order valence-electron chi connectivity index (χ3n) is 16.2. The highest BCUT2D eigenvalue weighted by molar-refractivity contribution is 6.15. The summed E-state index contributed by atoms with van der Waals surface area (Å²) in [6, 6.07) is 55.3. The van der Waals surface area contributed by atoms with Crippen LogP contribution >= 0.6 is 0 Å². The quantitative estimate of drug-likeness (QED) is 0.167. The summed E-state index contributed by atoms with van der Waals surface area (Å²) >= 11 is 0. The van der Waals surface area contributed by atoms with E-state index in [9.17, 15) is 0 Å². The molecule has 7 aromatic carbocycles. The van der Waals surface area contributed by atoms with Crippen molar-refractivity contribution in [1.29, 1.82) is 0 Å². The molecule has 66 heavy (non-hydrogen) atoms. The van der Waals surface area contributed by atoms with Crippen LogP contribution in [-0.4, -0.2) is 15.0 Å². The van der Waals surface area contributed by atoms with Crippen molar-refractivity contribution in [2.75, 3.05) is 0 Å². The third kappa shape index (κ3) is 6.28. The van der Waals surface area contributed by atoms with Crippen molar-refractivity contribution in [1.82, 2.24) is 15.0 Å². The lowest BCUT2D eigenvalue weighted by Crippen LogP contribution is -2.43. The van der Waals surface area contributed by atoms with Crippen LogP contribution in [0.1, 0.15) is 94.9 Å². The van der Waals surface area contributed by atoms with Gasteiger partial charge in [-0.2, -0.15) is 0 Å². The highest BCUT2D eigenvalue weighted by Crippen LogP contribution is 2.61. The highest BCUT2D eigenvalue weighted by Gasteiger charge is 2.49. The molecule has 0 aliphatic heterocycles. The standard InChI is InChI=1S/C62H55N3O/c1-61(2,3)53-35-43(41-20-14-19-40(32-41)42-23-24-47-46-21-12-13-22-51(46)62(4,5)52(47)34-42)33-50-55-49(60-64-58(38-15-8-6-9-16-38)63-59(65-60)39-17-10-7-11-18-39)26-25-48(57(55)66-56(50)53)54-44-28-36-27-37(30-44)31-45(54)29-36/h6-26,32-37,44-45,54H,27-31H2,1-5H3. The molecule has 324 valence electrons. The summed E-state index contributed by atoms with van der Waals surface area (Å²) in [5.74, 6) is 5.67. The first-order valence-electron chi connectivity index (χ1n) is 24.3. The molecule has 4 nitrogen and oxygen atoms in total. The Morgan fingerprint density at radius 3 is 1.70 bits per heavy atom. The minimum Gasteiger partial charge on any atom is -0.455 e. The van der Waals surface area contributed by atoms with Gasteiger partial charge < -0.3 is 4.42 Å². The molecule has 5 aliphatic rings. The molecule has 0 spiro atoms. The largest absolute Gasteiger partial charge is 0.455 e. The first kappa shape index (κ1) is 39.7. The number of furan rings is 1. The molecule has 0 unspecified atom stereocenters. The summed E-state index contributed by atoms with van der Waals surface area (Å²) in [6.45, 7) is 11.7. The first-order chi connectivity index (χ1) is 32.0. The first-order valence-corrected chi connectivity index (χ1v) is 24.3. The van der Waals surface area contributed by atoms with Gasteiger partial charge in [0, 0.05) is 38.4 Å². The van der Waals surface area contributed by atoms with Gasteiger partial charge in [0.1, 0.15) is 11.2 Å². The van der Waals surface area contributed by atoms with Gasteiger partial charge in [0.25, 0.3) is 0 Å². The van der Waals surface area contributed by atoms with Gasteiger partial charge in [-0.25, -0.2) is 15.0 Å². The number of nitrogens with zero attached hydrogens (tertiary/aromatic N) is 3. The van der Waals surface area contributed by atoms with E-state index in [2.05, 4.69) is 174 Å². The van der Waals surface area contributed by atoms with Crippen LogP contribution < -0.4 is 0 Å². The van der Waals surface area contributed by atoms with Crippen LogP contribution in [0.3, 0.4) is 0 Å². The van der Waals surface area contributed by atoms with E-state index in [1.807, 2.05) is 12.1 Å². The fourth-order valence-electron chi connectivity index (χ4n) is 13.3. The SMILES string of the molecule is CC(C)(C)c1cc(-c2cccc(-c3ccc4c(c3)C(C)(C)c3ccccc3-4)c2)cc2c1oc1c(C3C4CC5CC(C4)CC3C5)ccc(-c3nc(-c4ccccc4)nc(-c4ccccc4)n3)c12. The predicted molar refractivity (Wildman–Crippen MR) is 270 cm³/mol. The highest BCUT2D eigenvalue weighted by atomic mass is 16.3. The van der Waals surface area contributed by atoms with Crippen LogP contribution in [0.2, 0.25) is 0 Å². The van der Waals surface area contributed by atoms with Crippen molar-refractivity contribution in [3.63, 3.8) is 0 Å². The van der Waals surface area contributed by atoms with Crippen LogP contribution in [0, 0.1) is 23.7 Å². The second-order valence-electron chi connectivity index (χ2n) is 21.7. The monoisotopic (exact) mass is 857 g/mol. The van der Waals surface area contributed by atoms with Crippen LogP contribution in [0.25, 0.3) is 89.5 Å². The molecule has 9 aromatic rings. The molecule has 0 amide bonds. The second-order valence-corrected chi connectivity index (χ2v) is 21.7. The Morgan fingerprint density at radius 2 is 1.03 bits per heavy atom. The lowest BCUT2D eigenvalue weighted by molar-refractivity contribution is -0.00256. The summed E-state index contributed by atoms with van der Waals surface area (Å²) in [5, 5.41) is 2.24. The number of fused-ring (bicyclic) bond motifs is 6. The summed E-state index contributed by atoms with van der Waals surface area (Å²) in [6.07, 6.45) is 6.81. The lowest BCUT2D eigenvalue weighted by Gasteiger charge is -2.54. The van der Waals surface area contributed by atoms with E-state index in [1.54, 1.807) is 0 Å². The van der Waals surface area contributed by atoms with Gasteiger partial charge in [-0.1, -0.05) is 156 Å². The van der Waals surface area contributed by atoms with Crippen molar-refractivity contribution in [3.8, 4) is 67.5 Å². The minimum absolute atomic E-state index is 0.0655. The molecule has 2 heterocycles. The molecule has 0 N–H and O–H groups in total. The van der Waals surface area contributed by atoms with Gasteiger partial charge >= 0.3 is 0 Å². The summed E-state index contributed by atoms with van der Waals surface area (Å²) in [7, 11) is 0. The van der Waals surface area contributed by atoms with Gasteiger partial charge in [-0.3, -0.25) is 0 Å². The number of hydrogen-bond acceptors (Lipinski definition) is 4. The second kappa shape index (κ2) is 14.7. The number of benzene rings is 7. The van der Waals surface area contributed by atoms with E-state index in [1.165, 1.54) is 87.7 Å². The zero-order valence-electron chi connectivity index (χ0n) is 38.6. The Bertz CT molecular complexity index is 3300. The fraction of sp³-hybridized carbons (Fsp3) is 0.274. The Labute approximate surface area is 388 Å². The van der Waals surface area contributed by atoms with Crippen LogP contribution in [0.4, 0.5) is 0 Å². The number of hydrogen-bond donors (Lipinski definition) is 0. The normalized spacial score (nSPS) is 21.4. The number of aromatic nitrogens is 3. The predicted octanol–water partition coefficient (Wildman–Crippen LogP) is 16.2. The average Bonchev–Trinajstić information content (AvgIpc) is 3.83. The molecule has 2 aromatic heterocycles. The Morgan fingerprint density at radius 1 is 0.470 bits per heavy atom. The molecule has 4 fully saturated rings. The molecule has 0 atom stereocenters. The van der Waals surface area contributed by atoms with Crippen LogP contribution in [-0.2, 0) is 10.8 Å². The molecule has 0 saturated heterocycles. The number of rotatable bonds is 6. The molecular formula is C62H55N3O. The van der Waals surface area contributed by atoms with Gasteiger partial charge in [0.15, 0.2) is 17.5 Å². The van der Waals surface area contributed by atoms with Gasteiger partial charge in [0.05, 0.1) is 0 Å². The Kier molecular flexibility index (Phi) is 8.83. The minimum atomic E-state index is -0.197. The molecular weight excluding hydrogens is 803 g/mol. The van der Waals surface area contributed by atoms with Crippen LogP contribution in [0.15, 0.2) is 156 Å². The summed E-state index contributed by atoms with van der Waals surface area (Å²) < 4.78 is 7.49. The summed E-state index contributed by atoms with van der Waals surface area (Å²) in [5.41, 5.74) is 17.5. The van der Waals surface area contributed by atoms with Gasteiger partial charge in [-0.05, 0) is 148 Å². The van der Waals surface area contributed by atoms with Crippen molar-refractivity contribution < 1.29 is 4.42 Å². The molecule has 4 saturated carbocycles. The van der Waals surface area contributed by atoms with E-state index in [0.717, 1.165) is 50.5 Å². The third-order valence-corrected chi connectivity index (χ3v) is 16.2. The van der Waals surface area contributed by atoms with E-state index < -0.39 is 0 Å². The molecule has 4 heteroatoms. The topological polar surface area (TPSA) is 51.8 Å². The van der Waals surface area contributed by atoms with Crippen molar-refractivity contribution in [2.24, 2.45) is 23.7 Å². The van der Waals surface area contributed by atoms with E-state index in [-0.39, 0.29) is 10.8 Å². The Balaban J connectivity index is 1.03. The maximum absolute atomic E-state index is 7.49. The molecule has 14 rings (SSSR count). The fourth-order valence-corrected chi connectivity index (χ4v) is 13.3. The van der Waals surface area contributed by atoms with Crippen LogP contribution in [0.5, 0.6) is 0 Å². The van der Waals surface area contributed by atoms with Gasteiger partial charge in [-0.15, -0.1) is 0 Å². The maximum atomic E-state index is 7.49. The van der Waals surface area contributed by atoms with Gasteiger partial charge in [0.2, 0.25) is 0 Å². The van der Waals surface area contributed by atoms with E-state index in [4.69, 9.17) is 19.4 Å². The molecule has 5 aliphatic carbocycles. The molecule has 4 bridgehead atoms. The van der Waals surface area contributed by atoms with Crippen molar-refractivity contribution >= 4 is 21.9 Å². The van der Waals surface area contributed by atoms with Crippen molar-refractivity contribution in [2.45, 2.75) is 83.5 Å². The smallest absolute Gasteiger partial charge is 0.164 e.